The third kappa shape index (κ3) is 5.47. The van der Waals surface area contributed by atoms with Gasteiger partial charge in [0.25, 0.3) is 0 Å². The van der Waals surface area contributed by atoms with E-state index in [9.17, 15) is 26.4 Å². The molecule has 0 unspecified atom stereocenters. The van der Waals surface area contributed by atoms with E-state index in [0.717, 1.165) is 22.7 Å². The van der Waals surface area contributed by atoms with Gasteiger partial charge in [0, 0.05) is 12.6 Å². The van der Waals surface area contributed by atoms with Crippen molar-refractivity contribution in [2.75, 3.05) is 25.2 Å². The lowest BCUT2D eigenvalue weighted by Crippen LogP contribution is -2.42. The van der Waals surface area contributed by atoms with Gasteiger partial charge in [-0.25, -0.2) is 8.42 Å². The number of nitrogens with one attached hydrogen (secondary N) is 1. The van der Waals surface area contributed by atoms with Gasteiger partial charge in [-0.15, -0.1) is 0 Å². The summed E-state index contributed by atoms with van der Waals surface area (Å²) >= 11 is 0. The molecule has 7 nitrogen and oxygen atoms in total. The fourth-order valence-electron chi connectivity index (χ4n) is 3.31. The highest BCUT2D eigenvalue weighted by molar-refractivity contribution is 7.88. The normalized spacial score (nSPS) is 17.4. The SMILES string of the molecule is COc1ccc(Oc2ccc(C(F)(F)F)cc2)cc1NC(=O)[C@@H]1CCCN1S(C)(=O)=O. The van der Waals surface area contributed by atoms with Crippen molar-refractivity contribution < 1.29 is 35.9 Å². The molecule has 0 saturated carbocycles. The number of ether oxygens (including phenoxy) is 2. The zero-order valence-corrected chi connectivity index (χ0v) is 17.6. The van der Waals surface area contributed by atoms with Crippen LogP contribution in [0.4, 0.5) is 18.9 Å². The highest BCUT2D eigenvalue weighted by Crippen LogP contribution is 2.34. The summed E-state index contributed by atoms with van der Waals surface area (Å²) < 4.78 is 73.9. The fourth-order valence-corrected chi connectivity index (χ4v) is 4.44. The van der Waals surface area contributed by atoms with Crippen molar-refractivity contribution in [3.8, 4) is 17.2 Å². The number of alkyl halides is 3. The van der Waals surface area contributed by atoms with E-state index in [2.05, 4.69) is 5.32 Å². The maximum Gasteiger partial charge on any atom is 0.416 e. The number of methoxy groups -OCH3 is 1. The minimum Gasteiger partial charge on any atom is -0.495 e. The van der Waals surface area contributed by atoms with Crippen molar-refractivity contribution in [3.05, 3.63) is 48.0 Å². The van der Waals surface area contributed by atoms with Crippen LogP contribution in [-0.2, 0) is 21.0 Å². The van der Waals surface area contributed by atoms with E-state index in [-0.39, 0.29) is 23.7 Å². The molecule has 1 heterocycles. The molecule has 1 N–H and O–H groups in total. The van der Waals surface area contributed by atoms with Crippen molar-refractivity contribution in [2.24, 2.45) is 0 Å². The van der Waals surface area contributed by atoms with Gasteiger partial charge in [-0.05, 0) is 49.2 Å². The third-order valence-electron chi connectivity index (χ3n) is 4.78. The van der Waals surface area contributed by atoms with Gasteiger partial charge in [0.1, 0.15) is 23.3 Å². The van der Waals surface area contributed by atoms with Crippen LogP contribution in [0.1, 0.15) is 18.4 Å². The number of hydrogen-bond acceptors (Lipinski definition) is 5. The van der Waals surface area contributed by atoms with Crippen LogP contribution in [0.5, 0.6) is 17.2 Å². The van der Waals surface area contributed by atoms with E-state index in [0.29, 0.717) is 18.6 Å². The number of amides is 1. The first-order chi connectivity index (χ1) is 14.5. The Bertz CT molecular complexity index is 1060. The molecule has 1 aliphatic rings. The van der Waals surface area contributed by atoms with Gasteiger partial charge in [-0.1, -0.05) is 0 Å². The van der Waals surface area contributed by atoms with E-state index in [1.165, 1.54) is 37.4 Å². The highest BCUT2D eigenvalue weighted by atomic mass is 32.2. The summed E-state index contributed by atoms with van der Waals surface area (Å²) in [4.78, 5) is 12.7. The predicted octanol–water partition coefficient (Wildman–Crippen LogP) is 3.87. The molecule has 31 heavy (non-hydrogen) atoms. The van der Waals surface area contributed by atoms with Crippen molar-refractivity contribution in [2.45, 2.75) is 25.1 Å². The van der Waals surface area contributed by atoms with Gasteiger partial charge in [-0.2, -0.15) is 17.5 Å². The summed E-state index contributed by atoms with van der Waals surface area (Å²) in [5.41, 5.74) is -0.549. The molecule has 0 aromatic heterocycles. The van der Waals surface area contributed by atoms with E-state index in [1.807, 2.05) is 0 Å². The minimum atomic E-state index is -4.45. The van der Waals surface area contributed by atoms with Crippen molar-refractivity contribution >= 4 is 21.6 Å². The lowest BCUT2D eigenvalue weighted by molar-refractivity contribution is -0.137. The maximum absolute atomic E-state index is 12.7. The lowest BCUT2D eigenvalue weighted by Gasteiger charge is -2.22. The molecular weight excluding hydrogens is 437 g/mol. The molecule has 11 heteroatoms. The van der Waals surface area contributed by atoms with E-state index >= 15 is 0 Å². The summed E-state index contributed by atoms with van der Waals surface area (Å²) in [5, 5.41) is 2.66. The van der Waals surface area contributed by atoms with Crippen LogP contribution in [0.3, 0.4) is 0 Å². The Hall–Kier alpha value is -2.79. The Morgan fingerprint density at radius 1 is 1.13 bits per heavy atom. The van der Waals surface area contributed by atoms with E-state index in [1.54, 1.807) is 0 Å². The molecule has 168 valence electrons. The van der Waals surface area contributed by atoms with Crippen LogP contribution in [0.2, 0.25) is 0 Å². The van der Waals surface area contributed by atoms with Crippen LogP contribution in [0.15, 0.2) is 42.5 Å². The molecule has 2 aromatic rings. The molecule has 1 amide bonds. The lowest BCUT2D eigenvalue weighted by atomic mass is 10.2. The first-order valence-electron chi connectivity index (χ1n) is 9.30. The molecule has 0 aliphatic carbocycles. The van der Waals surface area contributed by atoms with Crippen LogP contribution in [0, 0.1) is 0 Å². The van der Waals surface area contributed by atoms with Gasteiger partial charge >= 0.3 is 6.18 Å². The van der Waals surface area contributed by atoms with Crippen molar-refractivity contribution in [3.63, 3.8) is 0 Å². The molecule has 3 rings (SSSR count). The van der Waals surface area contributed by atoms with E-state index < -0.39 is 33.7 Å². The summed E-state index contributed by atoms with van der Waals surface area (Å²) in [6, 6.07) is 7.86. The molecule has 1 saturated heterocycles. The molecule has 0 radical (unpaired) electrons. The van der Waals surface area contributed by atoms with Crippen LogP contribution < -0.4 is 14.8 Å². The molecule has 2 aromatic carbocycles. The second kappa shape index (κ2) is 8.75. The Morgan fingerprint density at radius 3 is 2.35 bits per heavy atom. The largest absolute Gasteiger partial charge is 0.495 e. The van der Waals surface area contributed by atoms with Crippen LogP contribution in [-0.4, -0.2) is 44.6 Å². The van der Waals surface area contributed by atoms with Crippen LogP contribution in [0.25, 0.3) is 0 Å². The predicted molar refractivity (Wildman–Crippen MR) is 108 cm³/mol. The van der Waals surface area contributed by atoms with E-state index in [4.69, 9.17) is 9.47 Å². The highest BCUT2D eigenvalue weighted by Gasteiger charge is 2.36. The number of anilines is 1. The molecule has 1 atom stereocenters. The zero-order valence-electron chi connectivity index (χ0n) is 16.8. The summed E-state index contributed by atoms with van der Waals surface area (Å²) in [6.45, 7) is 0.269. The third-order valence-corrected chi connectivity index (χ3v) is 6.07. The van der Waals surface area contributed by atoms with Gasteiger partial charge in [0.05, 0.1) is 24.6 Å². The van der Waals surface area contributed by atoms with Gasteiger partial charge in [0.2, 0.25) is 15.9 Å². The molecular formula is C20H21F3N2O5S. The quantitative estimate of drug-likeness (QED) is 0.711. The number of halogens is 3. The van der Waals surface area contributed by atoms with Crippen molar-refractivity contribution in [1.82, 2.24) is 4.31 Å². The summed E-state index contributed by atoms with van der Waals surface area (Å²) in [5.74, 6) is 0.238. The van der Waals surface area contributed by atoms with Crippen molar-refractivity contribution in [1.29, 1.82) is 0 Å². The maximum atomic E-state index is 12.7. The standard InChI is InChI=1S/C20H21F3N2O5S/c1-29-18-10-9-15(30-14-7-5-13(6-8-14)20(21,22)23)12-16(18)24-19(26)17-4-3-11-25(17)31(2,27)28/h5-10,12,17H,3-4,11H2,1-2H3,(H,24,26)/t17-/m0/s1. The zero-order chi connectivity index (χ0) is 22.8. The Kier molecular flexibility index (Phi) is 6.46. The average Bonchev–Trinajstić information content (AvgIpc) is 3.19. The topological polar surface area (TPSA) is 84.9 Å². The first kappa shape index (κ1) is 22.9. The Labute approximate surface area is 177 Å². The van der Waals surface area contributed by atoms with Gasteiger partial charge < -0.3 is 14.8 Å². The summed E-state index contributed by atoms with van der Waals surface area (Å²) in [6.07, 6.45) is -2.43. The number of carbonyl (C=O) groups excluding carboxylic acids is 1. The molecule has 1 fully saturated rings. The van der Waals surface area contributed by atoms with Gasteiger partial charge in [-0.3, -0.25) is 4.79 Å². The summed E-state index contributed by atoms with van der Waals surface area (Å²) in [7, 11) is -2.13. The smallest absolute Gasteiger partial charge is 0.416 e. The molecule has 1 aliphatic heterocycles. The monoisotopic (exact) mass is 458 g/mol. The molecule has 0 spiro atoms. The second-order valence-electron chi connectivity index (χ2n) is 7.01. The number of nitrogens with zero attached hydrogens (tertiary/aromatic N) is 1. The number of hydrogen-bond donors (Lipinski definition) is 1. The molecule has 0 bridgehead atoms. The number of carbonyl (C=O) groups is 1. The number of sulfonamides is 1. The first-order valence-corrected chi connectivity index (χ1v) is 11.1. The Morgan fingerprint density at radius 2 is 1.77 bits per heavy atom. The second-order valence-corrected chi connectivity index (χ2v) is 8.94. The minimum absolute atomic E-state index is 0.175. The number of rotatable bonds is 6. The Balaban J connectivity index is 1.78. The number of benzene rings is 2. The van der Waals surface area contributed by atoms with Crippen LogP contribution >= 0.6 is 0 Å². The fraction of sp³-hybridized carbons (Fsp3) is 0.350. The van der Waals surface area contributed by atoms with Gasteiger partial charge in [0.15, 0.2) is 0 Å². The average molecular weight is 458 g/mol.